The summed E-state index contributed by atoms with van der Waals surface area (Å²) in [5.41, 5.74) is 5.72. The maximum absolute atomic E-state index is 13.3. The van der Waals surface area contributed by atoms with E-state index in [1.54, 1.807) is 141 Å². The summed E-state index contributed by atoms with van der Waals surface area (Å²) in [6, 6.07) is 48.7. The minimum Gasteiger partial charge on any atom is -0.496 e. The number of carbonyl (C=O) groups is 4. The van der Waals surface area contributed by atoms with Crippen LogP contribution in [0.5, 0.6) is 46.0 Å². The fourth-order valence-corrected chi connectivity index (χ4v) is 7.33. The van der Waals surface area contributed by atoms with E-state index in [4.69, 9.17) is 28.4 Å². The first kappa shape index (κ1) is 44.1. The van der Waals surface area contributed by atoms with Gasteiger partial charge in [0.2, 0.25) is 0 Å². The highest BCUT2D eigenvalue weighted by Crippen LogP contribution is 2.35. The van der Waals surface area contributed by atoms with Gasteiger partial charge in [0.05, 0.1) is 23.8 Å². The van der Waals surface area contributed by atoms with Crippen molar-refractivity contribution < 1.29 is 47.6 Å². The number of hydrogen-bond acceptors (Lipinski definition) is 10. The fraction of sp³-hybridized carbons (Fsp3) is 0.107. The topological polar surface area (TPSA) is 124 Å². The third kappa shape index (κ3) is 10.1. The fourth-order valence-electron chi connectivity index (χ4n) is 7.33. The number of benzene rings is 8. The number of esters is 3. The van der Waals surface area contributed by atoms with Crippen molar-refractivity contribution in [3.63, 3.8) is 0 Å². The third-order valence-electron chi connectivity index (χ3n) is 11.1. The number of ether oxygens (including phenoxy) is 6. The molecular formula is C56H44O10. The third-order valence-corrected chi connectivity index (χ3v) is 11.1. The predicted molar refractivity (Wildman–Crippen MR) is 251 cm³/mol. The van der Waals surface area contributed by atoms with E-state index in [1.165, 1.54) is 12.5 Å². The molecule has 1 unspecified atom stereocenters. The van der Waals surface area contributed by atoms with Crippen LogP contribution >= 0.6 is 0 Å². The Morgan fingerprint density at radius 1 is 0.409 bits per heavy atom. The molecule has 1 atom stereocenters. The average molecular weight is 877 g/mol. The molecule has 0 aliphatic carbocycles. The zero-order valence-electron chi connectivity index (χ0n) is 36.8. The van der Waals surface area contributed by atoms with Crippen LogP contribution in [0.25, 0.3) is 10.8 Å². The Bertz CT molecular complexity index is 3080. The zero-order chi connectivity index (χ0) is 46.3. The zero-order valence-corrected chi connectivity index (χ0v) is 36.8. The molecular weight excluding hydrogens is 833 g/mol. The summed E-state index contributed by atoms with van der Waals surface area (Å²) in [6.45, 7) is 7.58. The highest BCUT2D eigenvalue weighted by atomic mass is 16.5. The normalized spacial score (nSPS) is 11.3. The second-order valence-electron chi connectivity index (χ2n) is 15.6. The summed E-state index contributed by atoms with van der Waals surface area (Å²) < 4.78 is 34.7. The van der Waals surface area contributed by atoms with E-state index in [-0.39, 0.29) is 23.0 Å². The van der Waals surface area contributed by atoms with Crippen LogP contribution in [0.2, 0.25) is 0 Å². The lowest BCUT2D eigenvalue weighted by molar-refractivity contribution is 0.0725. The van der Waals surface area contributed by atoms with Gasteiger partial charge in [-0.15, -0.1) is 0 Å². The quantitative estimate of drug-likeness (QED) is 0.0592. The van der Waals surface area contributed by atoms with Gasteiger partial charge in [-0.3, -0.25) is 4.79 Å². The number of methoxy groups -OCH3 is 1. The van der Waals surface area contributed by atoms with Crippen molar-refractivity contribution >= 4 is 34.5 Å². The SMILES string of the molecule is COc1ccc(C(C)c2ccc(OC(=O)c3ccc(Oc4ccc(C(=O)Oc5cccc6c(OC(=O)c7ccc(Oc8ccc(C(C)=O)cc8)cc7)cccc56)cc4)cc3)c(C)c2)cc1C. The van der Waals surface area contributed by atoms with Crippen LogP contribution in [0.3, 0.4) is 0 Å². The van der Waals surface area contributed by atoms with Gasteiger partial charge in [0.1, 0.15) is 46.0 Å². The van der Waals surface area contributed by atoms with Crippen molar-refractivity contribution in [1.82, 2.24) is 0 Å². The highest BCUT2D eigenvalue weighted by molar-refractivity contribution is 6.00. The molecule has 8 aromatic carbocycles. The maximum Gasteiger partial charge on any atom is 0.343 e. The van der Waals surface area contributed by atoms with Crippen molar-refractivity contribution in [2.45, 2.75) is 33.6 Å². The molecule has 0 heterocycles. The molecule has 0 aliphatic rings. The lowest BCUT2D eigenvalue weighted by Crippen LogP contribution is -2.10. The van der Waals surface area contributed by atoms with Gasteiger partial charge < -0.3 is 28.4 Å². The molecule has 8 aromatic rings. The van der Waals surface area contributed by atoms with Crippen LogP contribution in [0.15, 0.2) is 170 Å². The van der Waals surface area contributed by atoms with Gasteiger partial charge in [-0.2, -0.15) is 0 Å². The summed E-state index contributed by atoms with van der Waals surface area (Å²) in [5, 5.41) is 1.14. The van der Waals surface area contributed by atoms with Crippen molar-refractivity contribution in [3.8, 4) is 46.0 Å². The maximum atomic E-state index is 13.3. The Labute approximate surface area is 381 Å². The number of hydrogen-bond donors (Lipinski definition) is 0. The van der Waals surface area contributed by atoms with Crippen LogP contribution < -0.4 is 28.4 Å². The molecule has 0 N–H and O–H groups in total. The summed E-state index contributed by atoms with van der Waals surface area (Å²) in [7, 11) is 1.66. The van der Waals surface area contributed by atoms with Crippen LogP contribution in [0, 0.1) is 13.8 Å². The lowest BCUT2D eigenvalue weighted by atomic mass is 9.91. The van der Waals surface area contributed by atoms with Crippen LogP contribution in [0.4, 0.5) is 0 Å². The number of carbonyl (C=O) groups excluding carboxylic acids is 4. The minimum absolute atomic E-state index is 0.0355. The summed E-state index contributed by atoms with van der Waals surface area (Å²) >= 11 is 0. The molecule has 66 heavy (non-hydrogen) atoms. The van der Waals surface area contributed by atoms with E-state index in [0.717, 1.165) is 22.4 Å². The van der Waals surface area contributed by atoms with Gasteiger partial charge in [-0.1, -0.05) is 55.5 Å². The largest absolute Gasteiger partial charge is 0.496 e. The molecule has 10 heteroatoms. The smallest absolute Gasteiger partial charge is 0.343 e. The van der Waals surface area contributed by atoms with Gasteiger partial charge in [-0.05, 0) is 164 Å². The van der Waals surface area contributed by atoms with E-state index in [0.29, 0.717) is 62.0 Å². The molecule has 0 fully saturated rings. The standard InChI is InChI=1S/C56H44O10/c1-34-32-42(20-30-50(34)61-5)36(3)43-21-31-51(35(2)33-43)64-54(58)39-14-24-46(25-15-39)63-47-28-18-41(19-29-47)56(60)66-53-11-7-8-48-49(53)9-6-10-52(48)65-55(59)40-16-26-45(27-17-40)62-44-22-12-38(13-23-44)37(4)57/h6-33,36H,1-5H3. The van der Waals surface area contributed by atoms with Crippen molar-refractivity contribution in [3.05, 3.63) is 214 Å². The molecule has 10 nitrogen and oxygen atoms in total. The second-order valence-corrected chi connectivity index (χ2v) is 15.6. The summed E-state index contributed by atoms with van der Waals surface area (Å²) in [5.74, 6) is 2.35. The molecule has 8 rings (SSSR count). The molecule has 0 saturated carbocycles. The van der Waals surface area contributed by atoms with Crippen LogP contribution in [0.1, 0.15) is 83.5 Å². The molecule has 0 aromatic heterocycles. The van der Waals surface area contributed by atoms with Gasteiger partial charge >= 0.3 is 17.9 Å². The Morgan fingerprint density at radius 2 is 0.758 bits per heavy atom. The Kier molecular flexibility index (Phi) is 13.0. The monoisotopic (exact) mass is 876 g/mol. The second kappa shape index (κ2) is 19.5. The van der Waals surface area contributed by atoms with E-state index in [1.807, 2.05) is 38.1 Å². The first-order valence-corrected chi connectivity index (χ1v) is 21.1. The molecule has 0 radical (unpaired) electrons. The number of rotatable bonds is 14. The molecule has 328 valence electrons. The summed E-state index contributed by atoms with van der Waals surface area (Å²) in [6.07, 6.45) is 0. The number of Topliss-reactive ketones (excluding diaryl/α,β-unsaturated/α-hetero) is 1. The van der Waals surface area contributed by atoms with Crippen LogP contribution in [-0.2, 0) is 0 Å². The van der Waals surface area contributed by atoms with Gasteiger partial charge in [0, 0.05) is 22.3 Å². The molecule has 0 spiro atoms. The van der Waals surface area contributed by atoms with Crippen molar-refractivity contribution in [1.29, 1.82) is 0 Å². The molecule has 0 saturated heterocycles. The van der Waals surface area contributed by atoms with E-state index < -0.39 is 17.9 Å². The molecule has 0 bridgehead atoms. The number of fused-ring (bicyclic) bond motifs is 1. The van der Waals surface area contributed by atoms with E-state index in [2.05, 4.69) is 19.1 Å². The molecule has 0 amide bonds. The number of aryl methyl sites for hydroxylation is 2. The van der Waals surface area contributed by atoms with E-state index >= 15 is 0 Å². The van der Waals surface area contributed by atoms with Crippen molar-refractivity contribution in [2.75, 3.05) is 7.11 Å². The van der Waals surface area contributed by atoms with Gasteiger partial charge in [0.15, 0.2) is 5.78 Å². The van der Waals surface area contributed by atoms with Crippen LogP contribution in [-0.4, -0.2) is 30.8 Å². The lowest BCUT2D eigenvalue weighted by Gasteiger charge is -2.16. The molecule has 0 aliphatic heterocycles. The minimum atomic E-state index is -0.594. The first-order valence-electron chi connectivity index (χ1n) is 21.1. The van der Waals surface area contributed by atoms with Gasteiger partial charge in [0.25, 0.3) is 0 Å². The Morgan fingerprint density at radius 3 is 1.11 bits per heavy atom. The predicted octanol–water partition coefficient (Wildman–Crippen LogP) is 13.1. The Hall–Kier alpha value is -8.50. The van der Waals surface area contributed by atoms with Crippen molar-refractivity contribution in [2.24, 2.45) is 0 Å². The van der Waals surface area contributed by atoms with Gasteiger partial charge in [-0.25, -0.2) is 14.4 Å². The van der Waals surface area contributed by atoms with E-state index in [9.17, 15) is 19.2 Å². The first-order chi connectivity index (χ1) is 31.9. The average Bonchev–Trinajstić information content (AvgIpc) is 3.33. The highest BCUT2D eigenvalue weighted by Gasteiger charge is 2.18. The summed E-state index contributed by atoms with van der Waals surface area (Å²) in [4.78, 5) is 51.2. The number of ketones is 1. The Balaban J connectivity index is 0.851.